The van der Waals surface area contributed by atoms with E-state index in [4.69, 9.17) is 5.73 Å². The van der Waals surface area contributed by atoms with Crippen molar-refractivity contribution in [2.24, 2.45) is 0 Å². The van der Waals surface area contributed by atoms with E-state index in [1.165, 1.54) is 0 Å². The van der Waals surface area contributed by atoms with Crippen LogP contribution in [0.3, 0.4) is 0 Å². The van der Waals surface area contributed by atoms with Gasteiger partial charge in [0.1, 0.15) is 18.0 Å². The fraction of sp³-hybridized carbons (Fsp3) is 0.111. The van der Waals surface area contributed by atoms with Crippen molar-refractivity contribution in [2.45, 2.75) is 6.92 Å². The lowest BCUT2D eigenvalue weighted by Crippen LogP contribution is -1.97. The van der Waals surface area contributed by atoms with Gasteiger partial charge in [-0.1, -0.05) is 6.07 Å². The molecule has 2 heterocycles. The lowest BCUT2D eigenvalue weighted by molar-refractivity contribution is 0.997. The van der Waals surface area contributed by atoms with Gasteiger partial charge in [0.15, 0.2) is 0 Å². The minimum absolute atomic E-state index is 0.517. The minimum Gasteiger partial charge on any atom is -0.384 e. The molecule has 0 unspecified atom stereocenters. The third-order valence-electron chi connectivity index (χ3n) is 1.73. The first-order chi connectivity index (χ1) is 6.25. The Hall–Kier alpha value is -1.84. The smallest absolute Gasteiger partial charge is 0.140 e. The summed E-state index contributed by atoms with van der Waals surface area (Å²) >= 11 is 0. The number of imidazole rings is 1. The van der Waals surface area contributed by atoms with Crippen molar-refractivity contribution in [3.05, 3.63) is 36.4 Å². The largest absolute Gasteiger partial charge is 0.384 e. The number of aromatic nitrogens is 3. The molecule has 0 radical (unpaired) electrons. The Bertz CT molecular complexity index is 419. The van der Waals surface area contributed by atoms with Gasteiger partial charge in [0.25, 0.3) is 0 Å². The highest BCUT2D eigenvalue weighted by atomic mass is 15.1. The van der Waals surface area contributed by atoms with Crippen molar-refractivity contribution in [3.63, 3.8) is 0 Å². The summed E-state index contributed by atoms with van der Waals surface area (Å²) in [5.74, 6) is 1.31. The van der Waals surface area contributed by atoms with Crippen LogP contribution in [-0.4, -0.2) is 14.5 Å². The summed E-state index contributed by atoms with van der Waals surface area (Å²) in [6, 6.07) is 5.51. The maximum atomic E-state index is 5.56. The van der Waals surface area contributed by atoms with E-state index >= 15 is 0 Å². The number of nitrogens with two attached hydrogens (primary N) is 1. The summed E-state index contributed by atoms with van der Waals surface area (Å²) in [6.07, 6.45) is 3.62. The summed E-state index contributed by atoms with van der Waals surface area (Å²) in [4.78, 5) is 8.26. The molecule has 0 aliphatic carbocycles. The molecule has 2 aromatic rings. The zero-order chi connectivity index (χ0) is 9.26. The van der Waals surface area contributed by atoms with Crippen LogP contribution in [0.4, 0.5) is 5.82 Å². The van der Waals surface area contributed by atoms with Gasteiger partial charge in [-0.2, -0.15) is 0 Å². The maximum Gasteiger partial charge on any atom is 0.140 e. The average molecular weight is 174 g/mol. The van der Waals surface area contributed by atoms with Crippen molar-refractivity contribution in [2.75, 3.05) is 5.73 Å². The number of anilines is 1. The highest BCUT2D eigenvalue weighted by molar-refractivity contribution is 5.35. The molecule has 0 amide bonds. The van der Waals surface area contributed by atoms with Crippen molar-refractivity contribution in [1.29, 1.82) is 0 Å². The Kier molecular flexibility index (Phi) is 1.73. The first-order valence-corrected chi connectivity index (χ1v) is 3.99. The van der Waals surface area contributed by atoms with Crippen LogP contribution in [0.2, 0.25) is 0 Å². The summed E-state index contributed by atoms with van der Waals surface area (Å²) in [5.41, 5.74) is 6.52. The second-order valence-electron chi connectivity index (χ2n) is 2.84. The second-order valence-corrected chi connectivity index (χ2v) is 2.84. The van der Waals surface area contributed by atoms with E-state index in [9.17, 15) is 0 Å². The molecule has 0 aliphatic heterocycles. The second kappa shape index (κ2) is 2.90. The van der Waals surface area contributed by atoms with Gasteiger partial charge in [-0.25, -0.2) is 9.97 Å². The van der Waals surface area contributed by atoms with Gasteiger partial charge >= 0.3 is 0 Å². The Labute approximate surface area is 76.1 Å². The van der Waals surface area contributed by atoms with E-state index in [1.807, 2.05) is 29.8 Å². The summed E-state index contributed by atoms with van der Waals surface area (Å²) in [5, 5.41) is 0. The standard InChI is InChI=1S/C9H10N4/c1-7-5-13(6-11-7)9-4-2-3-8(10)12-9/h2-6H,1H3,(H2,10,12). The van der Waals surface area contributed by atoms with E-state index in [1.54, 1.807) is 12.4 Å². The molecule has 2 N–H and O–H groups in total. The topological polar surface area (TPSA) is 56.7 Å². The number of aryl methyl sites for hydroxylation is 1. The lowest BCUT2D eigenvalue weighted by atomic mass is 10.4. The van der Waals surface area contributed by atoms with Crippen molar-refractivity contribution >= 4 is 5.82 Å². The zero-order valence-electron chi connectivity index (χ0n) is 7.31. The Morgan fingerprint density at radius 1 is 1.38 bits per heavy atom. The molecular weight excluding hydrogens is 164 g/mol. The van der Waals surface area contributed by atoms with Crippen LogP contribution in [0.5, 0.6) is 0 Å². The molecule has 0 aromatic carbocycles. The molecule has 0 fully saturated rings. The fourth-order valence-electron chi connectivity index (χ4n) is 1.13. The van der Waals surface area contributed by atoms with Crippen LogP contribution >= 0.6 is 0 Å². The zero-order valence-corrected chi connectivity index (χ0v) is 7.31. The molecule has 13 heavy (non-hydrogen) atoms. The Morgan fingerprint density at radius 2 is 2.23 bits per heavy atom. The number of pyridine rings is 1. The first-order valence-electron chi connectivity index (χ1n) is 3.99. The fourth-order valence-corrected chi connectivity index (χ4v) is 1.13. The number of nitrogen functional groups attached to an aromatic ring is 1. The normalized spacial score (nSPS) is 10.2. The highest BCUT2D eigenvalue weighted by Crippen LogP contribution is 2.06. The van der Waals surface area contributed by atoms with Crippen molar-refractivity contribution in [1.82, 2.24) is 14.5 Å². The van der Waals surface area contributed by atoms with Gasteiger partial charge in [-0.15, -0.1) is 0 Å². The molecule has 4 heteroatoms. The van der Waals surface area contributed by atoms with Gasteiger partial charge < -0.3 is 5.73 Å². The van der Waals surface area contributed by atoms with Gasteiger partial charge in [0.2, 0.25) is 0 Å². The van der Waals surface area contributed by atoms with Crippen LogP contribution in [0.15, 0.2) is 30.7 Å². The van der Waals surface area contributed by atoms with E-state index in [0.29, 0.717) is 5.82 Å². The van der Waals surface area contributed by atoms with Gasteiger partial charge in [-0.3, -0.25) is 4.57 Å². The van der Waals surface area contributed by atoms with Gasteiger partial charge in [0.05, 0.1) is 5.69 Å². The molecule has 0 bridgehead atoms. The maximum absolute atomic E-state index is 5.56. The molecule has 66 valence electrons. The van der Waals surface area contributed by atoms with Crippen LogP contribution in [-0.2, 0) is 0 Å². The molecule has 0 aliphatic rings. The Morgan fingerprint density at radius 3 is 2.85 bits per heavy atom. The molecular formula is C9H10N4. The number of hydrogen-bond acceptors (Lipinski definition) is 3. The summed E-state index contributed by atoms with van der Waals surface area (Å²) in [7, 11) is 0. The van der Waals surface area contributed by atoms with Crippen LogP contribution in [0, 0.1) is 6.92 Å². The molecule has 0 saturated heterocycles. The highest BCUT2D eigenvalue weighted by Gasteiger charge is 1.98. The lowest BCUT2D eigenvalue weighted by Gasteiger charge is -2.00. The first kappa shape index (κ1) is 7.79. The van der Waals surface area contributed by atoms with Crippen LogP contribution < -0.4 is 5.73 Å². The third-order valence-corrected chi connectivity index (χ3v) is 1.73. The van der Waals surface area contributed by atoms with Crippen LogP contribution in [0.25, 0.3) is 5.82 Å². The quantitative estimate of drug-likeness (QED) is 0.705. The van der Waals surface area contributed by atoms with E-state index in [2.05, 4.69) is 9.97 Å². The van der Waals surface area contributed by atoms with E-state index < -0.39 is 0 Å². The van der Waals surface area contributed by atoms with Crippen LogP contribution in [0.1, 0.15) is 5.69 Å². The van der Waals surface area contributed by atoms with E-state index in [0.717, 1.165) is 11.5 Å². The molecule has 0 atom stereocenters. The average Bonchev–Trinajstić information content (AvgIpc) is 2.52. The predicted molar refractivity (Wildman–Crippen MR) is 50.5 cm³/mol. The van der Waals surface area contributed by atoms with Crippen molar-refractivity contribution in [3.8, 4) is 5.82 Å². The third kappa shape index (κ3) is 1.51. The predicted octanol–water partition coefficient (Wildman–Crippen LogP) is 1.16. The number of hydrogen-bond donors (Lipinski definition) is 1. The summed E-state index contributed by atoms with van der Waals surface area (Å²) < 4.78 is 1.84. The molecule has 0 spiro atoms. The summed E-state index contributed by atoms with van der Waals surface area (Å²) in [6.45, 7) is 1.93. The van der Waals surface area contributed by atoms with Gasteiger partial charge in [-0.05, 0) is 19.1 Å². The SMILES string of the molecule is Cc1cn(-c2cccc(N)n2)cn1. The molecule has 4 nitrogen and oxygen atoms in total. The number of rotatable bonds is 1. The van der Waals surface area contributed by atoms with Gasteiger partial charge in [0, 0.05) is 6.20 Å². The molecule has 2 rings (SSSR count). The molecule has 2 aromatic heterocycles. The number of nitrogens with zero attached hydrogens (tertiary/aromatic N) is 3. The monoisotopic (exact) mass is 174 g/mol. The van der Waals surface area contributed by atoms with E-state index in [-0.39, 0.29) is 0 Å². The molecule has 0 saturated carbocycles. The van der Waals surface area contributed by atoms with Crippen molar-refractivity contribution < 1.29 is 0 Å². The minimum atomic E-state index is 0.517. The Balaban J connectivity index is 2.46.